The number of ether oxygens (including phenoxy) is 1. The van der Waals surface area contributed by atoms with E-state index in [0.29, 0.717) is 17.7 Å². The van der Waals surface area contributed by atoms with Gasteiger partial charge in [-0.2, -0.15) is 0 Å². The second-order valence-electron chi connectivity index (χ2n) is 2.90. The molecular weight excluding hydrogens is 205 g/mol. The minimum absolute atomic E-state index is 0. The lowest BCUT2D eigenvalue weighted by atomic mass is 10.0. The molecule has 2 nitrogen and oxygen atoms in total. The zero-order chi connectivity index (χ0) is 9.84. The number of methoxy groups -OCH3 is 1. The molecule has 1 aromatic rings. The average molecular weight is 220 g/mol. The predicted molar refractivity (Wildman–Crippen MR) is 57.4 cm³/mol. The first kappa shape index (κ1) is 13.2. The zero-order valence-electron chi connectivity index (χ0n) is 8.29. The molecule has 0 radical (unpaired) electrons. The summed E-state index contributed by atoms with van der Waals surface area (Å²) in [7, 11) is 1.55. The highest BCUT2D eigenvalue weighted by molar-refractivity contribution is 5.85. The van der Waals surface area contributed by atoms with E-state index in [0.717, 1.165) is 0 Å². The maximum atomic E-state index is 13.2. The number of hydrogen-bond acceptors (Lipinski definition) is 2. The molecule has 0 aliphatic carbocycles. The molecule has 0 fully saturated rings. The molecule has 1 rings (SSSR count). The molecule has 1 aromatic carbocycles. The van der Waals surface area contributed by atoms with Crippen molar-refractivity contribution < 1.29 is 9.13 Å². The van der Waals surface area contributed by atoms with Crippen molar-refractivity contribution in [2.24, 2.45) is 5.73 Å². The van der Waals surface area contributed by atoms with Crippen LogP contribution in [0.2, 0.25) is 0 Å². The van der Waals surface area contributed by atoms with Crippen LogP contribution in [0.4, 0.5) is 4.39 Å². The Balaban J connectivity index is 0.00000169. The smallest absolute Gasteiger partial charge is 0.128 e. The van der Waals surface area contributed by atoms with Crippen LogP contribution in [0.25, 0.3) is 0 Å². The molecule has 0 aliphatic rings. The summed E-state index contributed by atoms with van der Waals surface area (Å²) < 4.78 is 18.2. The Bertz CT molecular complexity index is 293. The lowest BCUT2D eigenvalue weighted by molar-refractivity contribution is 0.411. The van der Waals surface area contributed by atoms with E-state index >= 15 is 0 Å². The second kappa shape index (κ2) is 5.83. The lowest BCUT2D eigenvalue weighted by Crippen LogP contribution is -2.10. The fraction of sp³-hybridized carbons (Fsp3) is 0.400. The quantitative estimate of drug-likeness (QED) is 0.849. The second-order valence-corrected chi connectivity index (χ2v) is 2.90. The van der Waals surface area contributed by atoms with Gasteiger partial charge in [0.25, 0.3) is 0 Å². The fourth-order valence-corrected chi connectivity index (χ4v) is 1.15. The Kier molecular flexibility index (Phi) is 5.50. The Labute approximate surface area is 89.7 Å². The predicted octanol–water partition coefficient (Wildman–Crippen LogP) is 2.67. The van der Waals surface area contributed by atoms with Crippen molar-refractivity contribution in [3.63, 3.8) is 0 Å². The van der Waals surface area contributed by atoms with Crippen LogP contribution in [0.3, 0.4) is 0 Å². The van der Waals surface area contributed by atoms with Gasteiger partial charge in [-0.1, -0.05) is 6.92 Å². The van der Waals surface area contributed by atoms with Gasteiger partial charge in [-0.15, -0.1) is 12.4 Å². The van der Waals surface area contributed by atoms with Crippen molar-refractivity contribution in [2.75, 3.05) is 7.11 Å². The van der Waals surface area contributed by atoms with Crippen molar-refractivity contribution in [3.8, 4) is 5.75 Å². The summed E-state index contributed by atoms with van der Waals surface area (Å²) in [5.74, 6) is 0.371. The number of nitrogens with two attached hydrogens (primary N) is 1. The largest absolute Gasteiger partial charge is 0.497 e. The van der Waals surface area contributed by atoms with Gasteiger partial charge in [0.2, 0.25) is 0 Å². The van der Waals surface area contributed by atoms with Crippen LogP contribution in [0.1, 0.15) is 24.9 Å². The highest BCUT2D eigenvalue weighted by atomic mass is 35.5. The number of rotatable bonds is 3. The van der Waals surface area contributed by atoms with E-state index in [4.69, 9.17) is 10.5 Å². The van der Waals surface area contributed by atoms with Crippen LogP contribution in [0, 0.1) is 5.82 Å². The maximum absolute atomic E-state index is 13.2. The summed E-state index contributed by atoms with van der Waals surface area (Å²) in [6.45, 7) is 1.92. The van der Waals surface area contributed by atoms with Crippen LogP contribution in [0.15, 0.2) is 18.2 Å². The molecule has 0 amide bonds. The molecule has 2 N–H and O–H groups in total. The Morgan fingerprint density at radius 3 is 2.64 bits per heavy atom. The third kappa shape index (κ3) is 2.86. The van der Waals surface area contributed by atoms with Crippen LogP contribution < -0.4 is 10.5 Å². The lowest BCUT2D eigenvalue weighted by Gasteiger charge is -2.11. The van der Waals surface area contributed by atoms with Crippen molar-refractivity contribution >= 4 is 12.4 Å². The molecule has 0 bridgehead atoms. The molecule has 0 aromatic heterocycles. The molecule has 0 aliphatic heterocycles. The van der Waals surface area contributed by atoms with Gasteiger partial charge in [0.15, 0.2) is 0 Å². The van der Waals surface area contributed by atoms with Gasteiger partial charge in [0.05, 0.1) is 7.11 Å². The maximum Gasteiger partial charge on any atom is 0.128 e. The van der Waals surface area contributed by atoms with E-state index in [1.165, 1.54) is 6.07 Å². The van der Waals surface area contributed by atoms with E-state index in [1.54, 1.807) is 19.2 Å². The standard InChI is InChI=1S/C10H14FNO.ClH/c1-3-10(12)8-6-7(13-2)4-5-9(8)11;/h4-6,10H,3,12H2,1-2H3;1H/t10-;/m0./s1. The molecule has 14 heavy (non-hydrogen) atoms. The molecule has 0 saturated carbocycles. The summed E-state index contributed by atoms with van der Waals surface area (Å²) >= 11 is 0. The molecule has 0 heterocycles. The van der Waals surface area contributed by atoms with Crippen molar-refractivity contribution in [1.29, 1.82) is 0 Å². The van der Waals surface area contributed by atoms with Crippen molar-refractivity contribution in [3.05, 3.63) is 29.6 Å². The summed E-state index contributed by atoms with van der Waals surface area (Å²) in [6.07, 6.45) is 0.712. The van der Waals surface area contributed by atoms with Crippen LogP contribution in [-0.2, 0) is 0 Å². The monoisotopic (exact) mass is 219 g/mol. The van der Waals surface area contributed by atoms with Crippen molar-refractivity contribution in [1.82, 2.24) is 0 Å². The van der Waals surface area contributed by atoms with Gasteiger partial charge in [-0.3, -0.25) is 0 Å². The van der Waals surface area contributed by atoms with Gasteiger partial charge in [0, 0.05) is 11.6 Å². The number of halogens is 2. The first-order chi connectivity index (χ1) is 6.19. The number of benzene rings is 1. The topological polar surface area (TPSA) is 35.2 Å². The Morgan fingerprint density at radius 1 is 1.50 bits per heavy atom. The van der Waals surface area contributed by atoms with Gasteiger partial charge in [0.1, 0.15) is 11.6 Å². The number of hydrogen-bond donors (Lipinski definition) is 1. The normalized spacial score (nSPS) is 11.7. The minimum Gasteiger partial charge on any atom is -0.497 e. The molecule has 80 valence electrons. The van der Waals surface area contributed by atoms with Gasteiger partial charge in [-0.25, -0.2) is 4.39 Å². The zero-order valence-corrected chi connectivity index (χ0v) is 9.10. The minimum atomic E-state index is -0.268. The Hall–Kier alpha value is -0.800. The van der Waals surface area contributed by atoms with E-state index in [9.17, 15) is 4.39 Å². The molecule has 0 saturated heterocycles. The summed E-state index contributed by atoms with van der Waals surface area (Å²) in [4.78, 5) is 0. The van der Waals surface area contributed by atoms with E-state index in [2.05, 4.69) is 0 Å². The molecule has 4 heteroatoms. The summed E-state index contributed by atoms with van der Waals surface area (Å²) in [5.41, 5.74) is 6.24. The first-order valence-electron chi connectivity index (χ1n) is 4.28. The highest BCUT2D eigenvalue weighted by Gasteiger charge is 2.10. The molecular formula is C10H15ClFNO. The molecule has 0 unspecified atom stereocenters. The van der Waals surface area contributed by atoms with E-state index < -0.39 is 0 Å². The molecule has 1 atom stereocenters. The van der Waals surface area contributed by atoms with E-state index in [-0.39, 0.29) is 24.3 Å². The first-order valence-corrected chi connectivity index (χ1v) is 4.28. The Morgan fingerprint density at radius 2 is 2.14 bits per heavy atom. The summed E-state index contributed by atoms with van der Waals surface area (Å²) in [5, 5.41) is 0. The van der Waals surface area contributed by atoms with Gasteiger partial charge < -0.3 is 10.5 Å². The third-order valence-electron chi connectivity index (χ3n) is 2.04. The van der Waals surface area contributed by atoms with Crippen LogP contribution in [-0.4, -0.2) is 7.11 Å². The van der Waals surface area contributed by atoms with Crippen molar-refractivity contribution in [2.45, 2.75) is 19.4 Å². The van der Waals surface area contributed by atoms with Gasteiger partial charge in [-0.05, 0) is 24.6 Å². The SMILES string of the molecule is CC[C@H](N)c1cc(OC)ccc1F.Cl. The van der Waals surface area contributed by atoms with E-state index in [1.807, 2.05) is 6.92 Å². The van der Waals surface area contributed by atoms with Crippen LogP contribution in [0.5, 0.6) is 5.75 Å². The molecule has 0 spiro atoms. The highest BCUT2D eigenvalue weighted by Crippen LogP contribution is 2.22. The van der Waals surface area contributed by atoms with Gasteiger partial charge >= 0.3 is 0 Å². The van der Waals surface area contributed by atoms with Crippen LogP contribution >= 0.6 is 12.4 Å². The summed E-state index contributed by atoms with van der Waals surface area (Å²) in [6, 6.07) is 4.35. The third-order valence-corrected chi connectivity index (χ3v) is 2.04. The fourth-order valence-electron chi connectivity index (χ4n) is 1.15. The average Bonchev–Trinajstić information content (AvgIpc) is 2.17.